The number of rotatable bonds is 35. The molecule has 0 aromatic heterocycles. The summed E-state index contributed by atoms with van der Waals surface area (Å²) < 4.78 is 0. The van der Waals surface area contributed by atoms with Crippen LogP contribution in [-0.2, 0) is 4.79 Å². The largest absolute Gasteiger partial charge is 0.550 e. The Labute approximate surface area is 253 Å². The molecule has 0 aliphatic rings. The molecular formula is C38H75O2-. The molecule has 0 saturated carbocycles. The molecule has 2 nitrogen and oxygen atoms in total. The lowest BCUT2D eigenvalue weighted by Crippen LogP contribution is -2.31. The summed E-state index contributed by atoms with van der Waals surface area (Å²) in [4.78, 5) is 11.6. The maximum Gasteiger partial charge on any atom is 0.0445 e. The second-order valence-electron chi connectivity index (χ2n) is 13.2. The van der Waals surface area contributed by atoms with Gasteiger partial charge in [-0.05, 0) is 18.8 Å². The minimum atomic E-state index is -0.805. The minimum Gasteiger partial charge on any atom is -0.550 e. The molecule has 0 amide bonds. The van der Waals surface area contributed by atoms with Gasteiger partial charge >= 0.3 is 0 Å². The Morgan fingerprint density at radius 3 is 0.700 bits per heavy atom. The van der Waals surface area contributed by atoms with Crippen LogP contribution in [0.25, 0.3) is 0 Å². The Kier molecular flexibility index (Phi) is 34.2. The third-order valence-corrected chi connectivity index (χ3v) is 9.15. The van der Waals surface area contributed by atoms with E-state index in [4.69, 9.17) is 0 Å². The van der Waals surface area contributed by atoms with Gasteiger partial charge in [-0.3, -0.25) is 0 Å². The highest BCUT2D eigenvalue weighted by molar-refractivity contribution is 5.67. The van der Waals surface area contributed by atoms with Gasteiger partial charge in [0.15, 0.2) is 0 Å². The molecule has 0 bridgehead atoms. The summed E-state index contributed by atoms with van der Waals surface area (Å²) in [7, 11) is 0. The number of carbonyl (C=O) groups excluding carboxylic acids is 1. The second kappa shape index (κ2) is 34.7. The summed E-state index contributed by atoms with van der Waals surface area (Å²) in [5, 5.41) is 11.6. The van der Waals surface area contributed by atoms with Gasteiger partial charge in [-0.15, -0.1) is 0 Å². The van der Waals surface area contributed by atoms with Crippen molar-refractivity contribution >= 4 is 5.97 Å². The molecule has 0 radical (unpaired) electrons. The number of hydrogen-bond donors (Lipinski definition) is 0. The lowest BCUT2D eigenvalue weighted by atomic mass is 9.94. The van der Waals surface area contributed by atoms with Gasteiger partial charge in [0.2, 0.25) is 0 Å². The highest BCUT2D eigenvalue weighted by Gasteiger charge is 2.09. The topological polar surface area (TPSA) is 40.1 Å². The van der Waals surface area contributed by atoms with Gasteiger partial charge in [0.25, 0.3) is 0 Å². The van der Waals surface area contributed by atoms with Gasteiger partial charge in [-0.2, -0.15) is 0 Å². The van der Waals surface area contributed by atoms with Crippen LogP contribution in [0.4, 0.5) is 0 Å². The summed E-state index contributed by atoms with van der Waals surface area (Å²) in [5.41, 5.74) is 0. The quantitative estimate of drug-likeness (QED) is 0.0719. The third-order valence-electron chi connectivity index (χ3n) is 9.15. The molecule has 0 aliphatic heterocycles. The van der Waals surface area contributed by atoms with Crippen molar-refractivity contribution < 1.29 is 9.90 Å². The Hall–Kier alpha value is -0.530. The van der Waals surface area contributed by atoms with E-state index in [9.17, 15) is 9.90 Å². The second-order valence-corrected chi connectivity index (χ2v) is 13.2. The van der Waals surface area contributed by atoms with E-state index in [-0.39, 0.29) is 5.92 Å². The fourth-order valence-corrected chi connectivity index (χ4v) is 6.26. The van der Waals surface area contributed by atoms with Gasteiger partial charge in [0.1, 0.15) is 0 Å². The molecule has 0 fully saturated rings. The fraction of sp³-hybridized carbons (Fsp3) is 0.974. The van der Waals surface area contributed by atoms with Crippen LogP contribution in [0, 0.1) is 5.92 Å². The summed E-state index contributed by atoms with van der Waals surface area (Å²) in [6.07, 6.45) is 45.3. The van der Waals surface area contributed by atoms with Crippen molar-refractivity contribution in [3.8, 4) is 0 Å². The molecule has 1 atom stereocenters. The molecule has 0 N–H and O–H groups in total. The molecule has 2 heteroatoms. The van der Waals surface area contributed by atoms with Crippen molar-refractivity contribution in [1.82, 2.24) is 0 Å². The number of aliphatic carboxylic acids is 1. The number of carboxylic acids is 1. The molecule has 240 valence electrons. The van der Waals surface area contributed by atoms with Crippen LogP contribution in [-0.4, -0.2) is 5.97 Å². The van der Waals surface area contributed by atoms with Crippen LogP contribution in [0.5, 0.6) is 0 Å². The zero-order valence-electron chi connectivity index (χ0n) is 27.9. The van der Waals surface area contributed by atoms with E-state index in [0.29, 0.717) is 0 Å². The van der Waals surface area contributed by atoms with Crippen molar-refractivity contribution in [3.05, 3.63) is 0 Å². The van der Waals surface area contributed by atoms with E-state index < -0.39 is 5.97 Å². The van der Waals surface area contributed by atoms with E-state index in [1.54, 1.807) is 0 Å². The summed E-state index contributed by atoms with van der Waals surface area (Å²) in [6, 6.07) is 0. The molecule has 0 spiro atoms. The first-order valence-electron chi connectivity index (χ1n) is 18.9. The lowest BCUT2D eigenvalue weighted by molar-refractivity contribution is -0.312. The predicted molar refractivity (Wildman–Crippen MR) is 177 cm³/mol. The average Bonchev–Trinajstić information content (AvgIpc) is 2.95. The smallest absolute Gasteiger partial charge is 0.0445 e. The Bertz CT molecular complexity index is 474. The summed E-state index contributed by atoms with van der Waals surface area (Å²) in [6.45, 7) is 4.57. The highest BCUT2D eigenvalue weighted by Crippen LogP contribution is 2.20. The molecule has 1 unspecified atom stereocenters. The van der Waals surface area contributed by atoms with Crippen LogP contribution < -0.4 is 5.11 Å². The van der Waals surface area contributed by atoms with Crippen LogP contribution in [0.2, 0.25) is 0 Å². The number of hydrogen-bond acceptors (Lipinski definition) is 2. The average molecular weight is 564 g/mol. The number of carbonyl (C=O) groups is 1. The first-order chi connectivity index (χ1) is 19.7. The standard InChI is InChI=1S/C38H76O2/c1-3-5-7-9-11-13-15-17-18-19-20-21-22-23-24-26-28-30-32-34-36-37(38(39)40)35-33-31-29-27-25-16-14-12-10-8-6-4-2/h37H,3-36H2,1-2H3,(H,39,40)/p-1. The maximum absolute atomic E-state index is 11.6. The van der Waals surface area contributed by atoms with E-state index in [2.05, 4.69) is 13.8 Å². The zero-order chi connectivity index (χ0) is 29.2. The third kappa shape index (κ3) is 32.0. The van der Waals surface area contributed by atoms with Crippen molar-refractivity contribution in [2.24, 2.45) is 5.92 Å². The zero-order valence-corrected chi connectivity index (χ0v) is 27.9. The SMILES string of the molecule is CCCCCCCCCCCCCCCCCCCCCCC(CCCCCCCCCCCCCC)C(=O)[O-]. The fourth-order valence-electron chi connectivity index (χ4n) is 6.26. The van der Waals surface area contributed by atoms with Gasteiger partial charge in [-0.1, -0.05) is 219 Å². The van der Waals surface area contributed by atoms with Gasteiger partial charge < -0.3 is 9.90 Å². The normalized spacial score (nSPS) is 12.2. The lowest BCUT2D eigenvalue weighted by Gasteiger charge is -2.17. The van der Waals surface area contributed by atoms with E-state index in [1.165, 1.54) is 193 Å². The minimum absolute atomic E-state index is 0.210. The van der Waals surface area contributed by atoms with E-state index >= 15 is 0 Å². The summed E-state index contributed by atoms with van der Waals surface area (Å²) in [5.74, 6) is -1.01. The predicted octanol–water partition coefficient (Wildman–Crippen LogP) is 12.7. The molecule has 0 saturated heterocycles. The monoisotopic (exact) mass is 564 g/mol. The highest BCUT2D eigenvalue weighted by atomic mass is 16.4. The van der Waals surface area contributed by atoms with E-state index in [0.717, 1.165) is 25.7 Å². The molecule has 0 aliphatic carbocycles. The van der Waals surface area contributed by atoms with Gasteiger partial charge in [0, 0.05) is 5.97 Å². The Balaban J connectivity index is 3.35. The summed E-state index contributed by atoms with van der Waals surface area (Å²) >= 11 is 0. The van der Waals surface area contributed by atoms with Gasteiger partial charge in [-0.25, -0.2) is 0 Å². The molecule has 0 aromatic carbocycles. The molecule has 0 aromatic rings. The van der Waals surface area contributed by atoms with Crippen LogP contribution in [0.1, 0.15) is 232 Å². The molecule has 0 rings (SSSR count). The van der Waals surface area contributed by atoms with Gasteiger partial charge in [0.05, 0.1) is 0 Å². The van der Waals surface area contributed by atoms with Crippen LogP contribution in [0.3, 0.4) is 0 Å². The number of unbranched alkanes of at least 4 members (excludes halogenated alkanes) is 30. The molecule has 0 heterocycles. The van der Waals surface area contributed by atoms with Crippen molar-refractivity contribution in [2.75, 3.05) is 0 Å². The Morgan fingerprint density at radius 2 is 0.525 bits per heavy atom. The number of carboxylic acid groups (broad SMARTS) is 1. The van der Waals surface area contributed by atoms with Crippen LogP contribution in [0.15, 0.2) is 0 Å². The maximum atomic E-state index is 11.6. The molecule has 40 heavy (non-hydrogen) atoms. The van der Waals surface area contributed by atoms with E-state index in [1.807, 2.05) is 0 Å². The first-order valence-corrected chi connectivity index (χ1v) is 18.9. The van der Waals surface area contributed by atoms with Crippen molar-refractivity contribution in [1.29, 1.82) is 0 Å². The van der Waals surface area contributed by atoms with Crippen molar-refractivity contribution in [2.45, 2.75) is 232 Å². The Morgan fingerprint density at radius 1 is 0.350 bits per heavy atom. The first kappa shape index (κ1) is 39.5. The molecular weight excluding hydrogens is 488 g/mol. The van der Waals surface area contributed by atoms with Crippen LogP contribution >= 0.6 is 0 Å². The van der Waals surface area contributed by atoms with Crippen molar-refractivity contribution in [3.63, 3.8) is 0 Å².